The van der Waals surface area contributed by atoms with E-state index >= 15 is 0 Å². The summed E-state index contributed by atoms with van der Waals surface area (Å²) in [5.41, 5.74) is 1.90. The van der Waals surface area contributed by atoms with Gasteiger partial charge >= 0.3 is 0 Å². The summed E-state index contributed by atoms with van der Waals surface area (Å²) in [5.74, 6) is 0.535. The topological polar surface area (TPSA) is 92.3 Å². The smallest absolute Gasteiger partial charge is 0.283 e. The van der Waals surface area contributed by atoms with Crippen molar-refractivity contribution in [2.45, 2.75) is 6.61 Å². The van der Waals surface area contributed by atoms with E-state index in [-0.39, 0.29) is 18.3 Å². The van der Waals surface area contributed by atoms with Gasteiger partial charge in [-0.3, -0.25) is 4.79 Å². The molecule has 2 N–H and O–H groups in total. The zero-order chi connectivity index (χ0) is 23.5. The molecule has 0 spiro atoms. The summed E-state index contributed by atoms with van der Waals surface area (Å²) >= 11 is 7.65. The molecule has 0 aliphatic carbocycles. The third-order valence-electron chi connectivity index (χ3n) is 5.26. The predicted molar refractivity (Wildman–Crippen MR) is 129 cm³/mol. The average molecular weight is 499 g/mol. The van der Waals surface area contributed by atoms with Crippen LogP contribution in [0, 0.1) is 5.82 Å². The van der Waals surface area contributed by atoms with Crippen molar-refractivity contribution in [1.82, 2.24) is 25.2 Å². The number of amides is 1. The Morgan fingerprint density at radius 1 is 1.21 bits per heavy atom. The van der Waals surface area contributed by atoms with E-state index in [9.17, 15) is 9.18 Å². The lowest BCUT2D eigenvalue weighted by Gasteiger charge is -2.26. The maximum absolute atomic E-state index is 13.4. The van der Waals surface area contributed by atoms with Gasteiger partial charge in [-0.2, -0.15) is 0 Å². The zero-order valence-electron chi connectivity index (χ0n) is 17.9. The molecule has 174 valence electrons. The molecule has 2 aromatic heterocycles. The highest BCUT2D eigenvalue weighted by atomic mass is 35.5. The molecule has 5 rings (SSSR count). The lowest BCUT2D eigenvalue weighted by molar-refractivity contribution is 0.0735. The molecule has 0 unspecified atom stereocenters. The number of carbonyl (C=O) groups is 1. The lowest BCUT2D eigenvalue weighted by Crippen LogP contribution is -2.46. The number of halogens is 2. The highest BCUT2D eigenvalue weighted by Crippen LogP contribution is 2.32. The van der Waals surface area contributed by atoms with Crippen LogP contribution in [0.1, 0.15) is 15.4 Å². The van der Waals surface area contributed by atoms with E-state index in [2.05, 4.69) is 25.6 Å². The van der Waals surface area contributed by atoms with Gasteiger partial charge in [0, 0.05) is 31.9 Å². The average Bonchev–Trinajstić information content (AvgIpc) is 3.29. The van der Waals surface area contributed by atoms with E-state index in [0.717, 1.165) is 13.1 Å². The number of piperazine rings is 1. The van der Waals surface area contributed by atoms with E-state index in [1.54, 1.807) is 35.2 Å². The van der Waals surface area contributed by atoms with E-state index < -0.39 is 0 Å². The molecular formula is C23H20ClFN6O2S. The summed E-state index contributed by atoms with van der Waals surface area (Å²) in [6.07, 6.45) is 1.43. The number of hydrogen-bond donors (Lipinski definition) is 2. The van der Waals surface area contributed by atoms with Gasteiger partial charge in [-0.25, -0.2) is 19.3 Å². The maximum atomic E-state index is 13.4. The quantitative estimate of drug-likeness (QED) is 0.410. The standard InChI is InChI=1S/C23H20ClFN6O2S/c24-17-11-16(4-5-18(17)33-12-14-2-1-3-15(25)10-14)29-20-19-21(28-13-27-20)34-22(30-19)23(32)31-8-6-26-7-9-31/h1-5,10-11,13,26H,6-9,12H2,(H,27,28,29). The number of anilines is 2. The Morgan fingerprint density at radius 3 is 2.85 bits per heavy atom. The monoisotopic (exact) mass is 498 g/mol. The fourth-order valence-electron chi connectivity index (χ4n) is 3.56. The first-order valence-corrected chi connectivity index (χ1v) is 11.8. The number of carbonyl (C=O) groups excluding carboxylic acids is 1. The molecular weight excluding hydrogens is 479 g/mol. The van der Waals surface area contributed by atoms with Crippen LogP contribution >= 0.6 is 22.9 Å². The van der Waals surface area contributed by atoms with Gasteiger partial charge in [-0.15, -0.1) is 0 Å². The van der Waals surface area contributed by atoms with Crippen molar-refractivity contribution in [3.63, 3.8) is 0 Å². The second-order valence-corrected chi connectivity index (χ2v) is 9.01. The van der Waals surface area contributed by atoms with Crippen molar-refractivity contribution in [3.8, 4) is 5.75 Å². The summed E-state index contributed by atoms with van der Waals surface area (Å²) in [6.45, 7) is 3.03. The van der Waals surface area contributed by atoms with Crippen LogP contribution in [0.25, 0.3) is 10.3 Å². The number of rotatable bonds is 6. The summed E-state index contributed by atoms with van der Waals surface area (Å²) in [6, 6.07) is 11.4. The molecule has 2 aromatic carbocycles. The van der Waals surface area contributed by atoms with Gasteiger partial charge in [0.2, 0.25) is 0 Å². The Morgan fingerprint density at radius 2 is 2.06 bits per heavy atom. The molecule has 0 atom stereocenters. The second-order valence-electron chi connectivity index (χ2n) is 7.63. The molecule has 1 fully saturated rings. The minimum Gasteiger partial charge on any atom is -0.487 e. The fraction of sp³-hybridized carbons (Fsp3) is 0.217. The Bertz CT molecular complexity index is 1340. The Kier molecular flexibility index (Phi) is 6.52. The number of thiazole rings is 1. The molecule has 0 bridgehead atoms. The molecule has 34 heavy (non-hydrogen) atoms. The number of nitrogens with zero attached hydrogens (tertiary/aromatic N) is 4. The van der Waals surface area contributed by atoms with E-state index in [1.165, 1.54) is 29.8 Å². The van der Waals surface area contributed by atoms with Crippen molar-refractivity contribution >= 4 is 50.7 Å². The van der Waals surface area contributed by atoms with Crippen LogP contribution in [-0.4, -0.2) is 51.9 Å². The number of aromatic nitrogens is 3. The first kappa shape index (κ1) is 22.5. The maximum Gasteiger partial charge on any atom is 0.283 e. The van der Waals surface area contributed by atoms with E-state index in [0.29, 0.717) is 56.3 Å². The SMILES string of the molecule is O=C(c1nc2c(Nc3ccc(OCc4cccc(F)c4)c(Cl)c3)ncnc2s1)N1CCNCC1. The minimum atomic E-state index is -0.317. The van der Waals surface area contributed by atoms with E-state index in [4.69, 9.17) is 16.3 Å². The molecule has 0 saturated carbocycles. The minimum absolute atomic E-state index is 0.0988. The van der Waals surface area contributed by atoms with Crippen molar-refractivity contribution in [2.75, 3.05) is 31.5 Å². The molecule has 3 heterocycles. The molecule has 1 aliphatic rings. The summed E-state index contributed by atoms with van der Waals surface area (Å²) in [7, 11) is 0. The number of benzene rings is 2. The summed E-state index contributed by atoms with van der Waals surface area (Å²) in [5, 5.41) is 7.21. The Labute approximate surface area is 203 Å². The van der Waals surface area contributed by atoms with Gasteiger partial charge in [0.1, 0.15) is 34.8 Å². The zero-order valence-corrected chi connectivity index (χ0v) is 19.5. The van der Waals surface area contributed by atoms with Crippen LogP contribution < -0.4 is 15.4 Å². The summed E-state index contributed by atoms with van der Waals surface area (Å²) in [4.78, 5) is 28.3. The Hall–Kier alpha value is -3.34. The largest absolute Gasteiger partial charge is 0.487 e. The molecule has 1 saturated heterocycles. The van der Waals surface area contributed by atoms with Gasteiger partial charge in [-0.1, -0.05) is 35.1 Å². The fourth-order valence-corrected chi connectivity index (χ4v) is 4.67. The van der Waals surface area contributed by atoms with Gasteiger partial charge in [-0.05, 0) is 35.9 Å². The van der Waals surface area contributed by atoms with Gasteiger partial charge < -0.3 is 20.3 Å². The van der Waals surface area contributed by atoms with Crippen LogP contribution in [-0.2, 0) is 6.61 Å². The first-order chi connectivity index (χ1) is 16.6. The van der Waals surface area contributed by atoms with Crippen LogP contribution in [0.2, 0.25) is 5.02 Å². The predicted octanol–water partition coefficient (Wildman–Crippen LogP) is 4.25. The number of ether oxygens (including phenoxy) is 1. The third kappa shape index (κ3) is 4.93. The first-order valence-electron chi connectivity index (χ1n) is 10.6. The van der Waals surface area contributed by atoms with Gasteiger partial charge in [0.05, 0.1) is 5.02 Å². The highest BCUT2D eigenvalue weighted by Gasteiger charge is 2.23. The summed E-state index contributed by atoms with van der Waals surface area (Å²) < 4.78 is 19.1. The Balaban J connectivity index is 1.32. The van der Waals surface area contributed by atoms with Crippen molar-refractivity contribution < 1.29 is 13.9 Å². The number of nitrogens with one attached hydrogen (secondary N) is 2. The van der Waals surface area contributed by atoms with Crippen LogP contribution in [0.4, 0.5) is 15.9 Å². The van der Waals surface area contributed by atoms with Crippen LogP contribution in [0.5, 0.6) is 5.75 Å². The van der Waals surface area contributed by atoms with Crippen LogP contribution in [0.15, 0.2) is 48.8 Å². The normalized spacial score (nSPS) is 13.8. The van der Waals surface area contributed by atoms with Crippen molar-refractivity contribution in [1.29, 1.82) is 0 Å². The molecule has 4 aromatic rings. The molecule has 0 radical (unpaired) electrons. The van der Waals surface area contributed by atoms with Crippen LogP contribution in [0.3, 0.4) is 0 Å². The lowest BCUT2D eigenvalue weighted by atomic mass is 10.2. The van der Waals surface area contributed by atoms with Gasteiger partial charge in [0.15, 0.2) is 10.8 Å². The number of hydrogen-bond acceptors (Lipinski definition) is 8. The van der Waals surface area contributed by atoms with E-state index in [1.807, 2.05) is 0 Å². The molecule has 1 aliphatic heterocycles. The molecule has 11 heteroatoms. The molecule has 8 nitrogen and oxygen atoms in total. The third-order valence-corrected chi connectivity index (χ3v) is 6.51. The second kappa shape index (κ2) is 9.88. The van der Waals surface area contributed by atoms with Crippen molar-refractivity contribution in [2.24, 2.45) is 0 Å². The molecule has 1 amide bonds. The van der Waals surface area contributed by atoms with Crippen molar-refractivity contribution in [3.05, 3.63) is 70.2 Å². The number of fused-ring (bicyclic) bond motifs is 1. The van der Waals surface area contributed by atoms with Gasteiger partial charge in [0.25, 0.3) is 5.91 Å². The highest BCUT2D eigenvalue weighted by molar-refractivity contribution is 7.19.